The van der Waals surface area contributed by atoms with E-state index < -0.39 is 17.9 Å². The average Bonchev–Trinajstić information content (AvgIpc) is 3.30. The minimum Gasteiger partial charge on any atom is -0.467 e. The SMILES string of the molecule is COC(=O)[C@H](C)NC(=O)c1cnn(-c2ccc(F)cc2)c1-n1cccc1. The first-order valence-corrected chi connectivity index (χ1v) is 7.87. The molecule has 0 bridgehead atoms. The Morgan fingerprint density at radius 3 is 2.46 bits per heavy atom. The number of halogens is 1. The standard InChI is InChI=1S/C18H17FN4O3/c1-12(18(25)26-2)21-16(24)15-11-20-23(14-7-5-13(19)6-8-14)17(15)22-9-3-4-10-22/h3-12H,1-2H3,(H,21,24)/t12-/m0/s1. The monoisotopic (exact) mass is 356 g/mol. The summed E-state index contributed by atoms with van der Waals surface area (Å²) in [5.74, 6) is -0.920. The molecular formula is C18H17FN4O3. The number of hydrogen-bond acceptors (Lipinski definition) is 4. The first-order valence-electron chi connectivity index (χ1n) is 7.87. The maximum absolute atomic E-state index is 13.2. The topological polar surface area (TPSA) is 78.2 Å². The predicted molar refractivity (Wildman–Crippen MR) is 91.8 cm³/mol. The molecule has 3 rings (SSSR count). The number of benzene rings is 1. The van der Waals surface area contributed by atoms with Crippen LogP contribution in [0.15, 0.2) is 55.0 Å². The Morgan fingerprint density at radius 2 is 1.85 bits per heavy atom. The van der Waals surface area contributed by atoms with Crippen molar-refractivity contribution in [3.05, 3.63) is 66.4 Å². The minimum absolute atomic E-state index is 0.265. The Morgan fingerprint density at radius 1 is 1.19 bits per heavy atom. The van der Waals surface area contributed by atoms with Crippen molar-refractivity contribution in [1.82, 2.24) is 19.7 Å². The molecule has 7 nitrogen and oxygen atoms in total. The summed E-state index contributed by atoms with van der Waals surface area (Å²) >= 11 is 0. The summed E-state index contributed by atoms with van der Waals surface area (Å²) < 4.78 is 21.1. The van der Waals surface area contributed by atoms with Gasteiger partial charge < -0.3 is 14.6 Å². The zero-order valence-electron chi connectivity index (χ0n) is 14.2. The number of carbonyl (C=O) groups excluding carboxylic acids is 2. The molecular weight excluding hydrogens is 339 g/mol. The number of aromatic nitrogens is 3. The predicted octanol–water partition coefficient (Wildman–Crippen LogP) is 2.09. The van der Waals surface area contributed by atoms with Crippen LogP contribution in [-0.4, -0.2) is 39.4 Å². The van der Waals surface area contributed by atoms with E-state index >= 15 is 0 Å². The summed E-state index contributed by atoms with van der Waals surface area (Å²) in [6.07, 6.45) is 4.92. The number of methoxy groups -OCH3 is 1. The van der Waals surface area contributed by atoms with E-state index in [1.54, 1.807) is 41.2 Å². The molecule has 1 atom stereocenters. The number of amides is 1. The van der Waals surface area contributed by atoms with Crippen LogP contribution in [0.25, 0.3) is 11.5 Å². The van der Waals surface area contributed by atoms with Gasteiger partial charge in [0.15, 0.2) is 5.82 Å². The zero-order valence-corrected chi connectivity index (χ0v) is 14.2. The number of esters is 1. The molecule has 3 aromatic rings. The lowest BCUT2D eigenvalue weighted by Gasteiger charge is -2.13. The van der Waals surface area contributed by atoms with Gasteiger partial charge in [-0.15, -0.1) is 0 Å². The zero-order chi connectivity index (χ0) is 18.7. The van der Waals surface area contributed by atoms with Gasteiger partial charge in [0.2, 0.25) is 0 Å². The Balaban J connectivity index is 2.02. The van der Waals surface area contributed by atoms with Crippen molar-refractivity contribution in [1.29, 1.82) is 0 Å². The molecule has 0 aliphatic rings. The van der Waals surface area contributed by atoms with Gasteiger partial charge in [-0.2, -0.15) is 5.10 Å². The summed E-state index contributed by atoms with van der Waals surface area (Å²) in [6.45, 7) is 1.53. The summed E-state index contributed by atoms with van der Waals surface area (Å²) in [5, 5.41) is 6.84. The van der Waals surface area contributed by atoms with Gasteiger partial charge in [-0.3, -0.25) is 4.79 Å². The second kappa shape index (κ2) is 7.22. The normalized spacial score (nSPS) is 11.8. The van der Waals surface area contributed by atoms with Crippen LogP contribution in [-0.2, 0) is 9.53 Å². The van der Waals surface area contributed by atoms with Gasteiger partial charge in [-0.25, -0.2) is 13.9 Å². The van der Waals surface area contributed by atoms with Gasteiger partial charge >= 0.3 is 5.97 Å². The van der Waals surface area contributed by atoms with Crippen molar-refractivity contribution in [2.75, 3.05) is 7.11 Å². The van der Waals surface area contributed by atoms with Crippen LogP contribution in [0.5, 0.6) is 0 Å². The minimum atomic E-state index is -0.806. The van der Waals surface area contributed by atoms with Gasteiger partial charge in [0.05, 0.1) is 19.0 Å². The maximum atomic E-state index is 13.2. The van der Waals surface area contributed by atoms with Crippen LogP contribution >= 0.6 is 0 Å². The highest BCUT2D eigenvalue weighted by atomic mass is 19.1. The van der Waals surface area contributed by atoms with Crippen LogP contribution < -0.4 is 5.32 Å². The first kappa shape index (κ1) is 17.4. The lowest BCUT2D eigenvalue weighted by molar-refractivity contribution is -0.142. The number of carbonyl (C=O) groups is 2. The Bertz CT molecular complexity index is 917. The van der Waals surface area contributed by atoms with Crippen LogP contribution in [0, 0.1) is 5.82 Å². The second-order valence-corrected chi connectivity index (χ2v) is 5.58. The van der Waals surface area contributed by atoms with E-state index in [1.807, 2.05) is 0 Å². The molecule has 1 amide bonds. The third kappa shape index (κ3) is 3.34. The van der Waals surface area contributed by atoms with E-state index in [4.69, 9.17) is 0 Å². The van der Waals surface area contributed by atoms with E-state index in [0.29, 0.717) is 11.5 Å². The van der Waals surface area contributed by atoms with Gasteiger partial charge in [-0.1, -0.05) is 0 Å². The van der Waals surface area contributed by atoms with E-state index in [-0.39, 0.29) is 11.4 Å². The summed E-state index contributed by atoms with van der Waals surface area (Å²) in [7, 11) is 1.25. The number of rotatable bonds is 5. The smallest absolute Gasteiger partial charge is 0.328 e. The van der Waals surface area contributed by atoms with Gasteiger partial charge in [0, 0.05) is 12.4 Å². The Labute approximate surface area is 149 Å². The molecule has 0 spiro atoms. The molecule has 0 aliphatic heterocycles. The fourth-order valence-electron chi connectivity index (χ4n) is 2.51. The summed E-state index contributed by atoms with van der Waals surface area (Å²) in [6, 6.07) is 8.56. The van der Waals surface area contributed by atoms with Crippen LogP contribution in [0.4, 0.5) is 4.39 Å². The molecule has 0 saturated heterocycles. The van der Waals surface area contributed by atoms with Crippen LogP contribution in [0.2, 0.25) is 0 Å². The molecule has 1 aromatic carbocycles. The second-order valence-electron chi connectivity index (χ2n) is 5.58. The fourth-order valence-corrected chi connectivity index (χ4v) is 2.51. The largest absolute Gasteiger partial charge is 0.467 e. The van der Waals surface area contributed by atoms with Crippen molar-refractivity contribution in [3.8, 4) is 11.5 Å². The van der Waals surface area contributed by atoms with Crippen LogP contribution in [0.1, 0.15) is 17.3 Å². The lowest BCUT2D eigenvalue weighted by atomic mass is 10.2. The number of ether oxygens (including phenoxy) is 1. The van der Waals surface area contributed by atoms with Gasteiger partial charge in [-0.05, 0) is 43.3 Å². The number of hydrogen-bond donors (Lipinski definition) is 1. The highest BCUT2D eigenvalue weighted by Gasteiger charge is 2.23. The molecule has 134 valence electrons. The van der Waals surface area contributed by atoms with Crippen molar-refractivity contribution in [2.45, 2.75) is 13.0 Å². The number of nitrogens with one attached hydrogen (secondary N) is 1. The molecule has 2 heterocycles. The van der Waals surface area contributed by atoms with E-state index in [1.165, 1.54) is 37.0 Å². The molecule has 0 unspecified atom stereocenters. The lowest BCUT2D eigenvalue weighted by Crippen LogP contribution is -2.39. The number of nitrogens with zero attached hydrogens (tertiary/aromatic N) is 3. The van der Waals surface area contributed by atoms with Crippen molar-refractivity contribution >= 4 is 11.9 Å². The van der Waals surface area contributed by atoms with Crippen LogP contribution in [0.3, 0.4) is 0 Å². The van der Waals surface area contributed by atoms with Gasteiger partial charge in [0.1, 0.15) is 17.4 Å². The van der Waals surface area contributed by atoms with Gasteiger partial charge in [0.25, 0.3) is 5.91 Å². The molecule has 0 fully saturated rings. The molecule has 0 aliphatic carbocycles. The Kier molecular flexibility index (Phi) is 4.83. The fraction of sp³-hybridized carbons (Fsp3) is 0.167. The third-order valence-electron chi connectivity index (χ3n) is 3.81. The van der Waals surface area contributed by atoms with Crippen molar-refractivity contribution in [2.24, 2.45) is 0 Å². The highest BCUT2D eigenvalue weighted by molar-refractivity contribution is 5.99. The average molecular weight is 356 g/mol. The molecule has 0 radical (unpaired) electrons. The molecule has 8 heteroatoms. The molecule has 0 saturated carbocycles. The molecule has 1 N–H and O–H groups in total. The summed E-state index contributed by atoms with van der Waals surface area (Å²) in [5.41, 5.74) is 0.858. The van der Waals surface area contributed by atoms with E-state index in [2.05, 4.69) is 15.2 Å². The molecule has 2 aromatic heterocycles. The quantitative estimate of drug-likeness (QED) is 0.710. The first-order chi connectivity index (χ1) is 12.5. The van der Waals surface area contributed by atoms with E-state index in [0.717, 1.165) is 0 Å². The highest BCUT2D eigenvalue weighted by Crippen LogP contribution is 2.20. The Hall–Kier alpha value is -3.42. The van der Waals surface area contributed by atoms with Crippen molar-refractivity contribution < 1.29 is 18.7 Å². The van der Waals surface area contributed by atoms with Crippen molar-refractivity contribution in [3.63, 3.8) is 0 Å². The maximum Gasteiger partial charge on any atom is 0.328 e. The molecule has 26 heavy (non-hydrogen) atoms. The third-order valence-corrected chi connectivity index (χ3v) is 3.81. The summed E-state index contributed by atoms with van der Waals surface area (Å²) in [4.78, 5) is 24.2. The van der Waals surface area contributed by atoms with E-state index in [9.17, 15) is 14.0 Å².